The second-order valence-electron chi connectivity index (χ2n) is 5.51. The molecule has 11 heteroatoms. The predicted molar refractivity (Wildman–Crippen MR) is 82.6 cm³/mol. The van der Waals surface area contributed by atoms with Crippen LogP contribution in [-0.4, -0.2) is 80.5 Å². The van der Waals surface area contributed by atoms with E-state index in [0.29, 0.717) is 0 Å². The first-order valence-corrected chi connectivity index (χ1v) is 9.51. The number of alkyl halides is 6. The van der Waals surface area contributed by atoms with Crippen LogP contribution < -0.4 is 0 Å². The lowest BCUT2D eigenvalue weighted by molar-refractivity contribution is -0.921. The zero-order valence-electron chi connectivity index (χ0n) is 14.8. The molecule has 0 spiro atoms. The standard InChI is InChI=1S/C8H20N.C6H8F6O3S/c1-5-9(6-2,7-3)8-4;7-2(1-16(13,14)15)3(8)4(9)5(10)6(11)12/h5-8H2,1-4H3;2-6H,1H2,(H,13,14,15)/q+1;/p-1. The summed E-state index contributed by atoms with van der Waals surface area (Å²) >= 11 is 0. The Morgan fingerprint density at radius 3 is 1.32 bits per heavy atom. The van der Waals surface area contributed by atoms with Crippen LogP contribution in [0.1, 0.15) is 27.7 Å². The van der Waals surface area contributed by atoms with E-state index in [1.807, 2.05) is 0 Å². The summed E-state index contributed by atoms with van der Waals surface area (Å²) in [5, 5.41) is 0. The number of rotatable bonds is 10. The number of hydrogen-bond acceptors (Lipinski definition) is 3. The lowest BCUT2D eigenvalue weighted by Gasteiger charge is -2.34. The van der Waals surface area contributed by atoms with Gasteiger partial charge in [-0.3, -0.25) is 0 Å². The van der Waals surface area contributed by atoms with Crippen LogP contribution in [0.15, 0.2) is 0 Å². The molecule has 0 aromatic rings. The summed E-state index contributed by atoms with van der Waals surface area (Å²) in [6, 6.07) is 0. The third-order valence-corrected chi connectivity index (χ3v) is 4.97. The summed E-state index contributed by atoms with van der Waals surface area (Å²) in [5.41, 5.74) is 0. The van der Waals surface area contributed by atoms with Crippen LogP contribution in [0.5, 0.6) is 0 Å². The van der Waals surface area contributed by atoms with Crippen molar-refractivity contribution in [1.29, 1.82) is 0 Å². The van der Waals surface area contributed by atoms with Crippen molar-refractivity contribution in [2.45, 2.75) is 58.8 Å². The second kappa shape index (κ2) is 11.9. The maximum Gasteiger partial charge on any atom is 0.272 e. The summed E-state index contributed by atoms with van der Waals surface area (Å²) in [6.07, 6.45) is -17.6. The molecule has 0 saturated heterocycles. The van der Waals surface area contributed by atoms with Crippen LogP contribution in [0.3, 0.4) is 0 Å². The fourth-order valence-corrected chi connectivity index (χ4v) is 2.72. The first kappa shape index (κ1) is 26.7. The second-order valence-corrected chi connectivity index (χ2v) is 6.96. The molecule has 4 nitrogen and oxygen atoms in total. The molecule has 25 heavy (non-hydrogen) atoms. The summed E-state index contributed by atoms with van der Waals surface area (Å²) in [7, 11) is -5.19. The zero-order valence-corrected chi connectivity index (χ0v) is 15.6. The molecule has 0 aliphatic carbocycles. The Balaban J connectivity index is 0. The van der Waals surface area contributed by atoms with E-state index in [0.717, 1.165) is 0 Å². The van der Waals surface area contributed by atoms with Gasteiger partial charge in [-0.05, 0) is 27.7 Å². The normalized spacial score (nSPS) is 17.4. The number of quaternary nitrogens is 1. The van der Waals surface area contributed by atoms with Gasteiger partial charge in [0.15, 0.2) is 18.5 Å². The van der Waals surface area contributed by atoms with Crippen molar-refractivity contribution < 1.29 is 43.8 Å². The molecule has 0 fully saturated rings. The highest BCUT2D eigenvalue weighted by Crippen LogP contribution is 2.22. The molecule has 0 aliphatic rings. The lowest BCUT2D eigenvalue weighted by Crippen LogP contribution is -2.47. The molecule has 0 aromatic carbocycles. The Hall–Kier alpha value is -0.550. The summed E-state index contributed by atoms with van der Waals surface area (Å²) in [5.74, 6) is -1.94. The summed E-state index contributed by atoms with van der Waals surface area (Å²) < 4.78 is 104. The molecule has 4 atom stereocenters. The zero-order chi connectivity index (χ0) is 20.4. The smallest absolute Gasteiger partial charge is 0.272 e. The number of nitrogens with zero attached hydrogens (tertiary/aromatic N) is 1. The molecule has 0 N–H and O–H groups in total. The van der Waals surface area contributed by atoms with E-state index in [9.17, 15) is 39.3 Å². The quantitative estimate of drug-likeness (QED) is 0.320. The third kappa shape index (κ3) is 10.2. The van der Waals surface area contributed by atoms with Crippen LogP contribution in [0, 0.1) is 0 Å². The molecule has 0 amide bonds. The van der Waals surface area contributed by atoms with Crippen LogP contribution in [0.2, 0.25) is 0 Å². The minimum absolute atomic E-state index is 1.28. The van der Waals surface area contributed by atoms with Gasteiger partial charge in [0, 0.05) is 0 Å². The molecule has 4 unspecified atom stereocenters. The lowest BCUT2D eigenvalue weighted by atomic mass is 10.1. The van der Waals surface area contributed by atoms with Crippen molar-refractivity contribution in [3.8, 4) is 0 Å². The third-order valence-electron chi connectivity index (χ3n) is 4.24. The predicted octanol–water partition coefficient (Wildman–Crippen LogP) is 3.03. The van der Waals surface area contributed by atoms with Crippen LogP contribution >= 0.6 is 0 Å². The van der Waals surface area contributed by atoms with Crippen LogP contribution in [0.4, 0.5) is 26.3 Å². The molecular weight excluding hydrogens is 376 g/mol. The van der Waals surface area contributed by atoms with Crippen molar-refractivity contribution in [3.05, 3.63) is 0 Å². The van der Waals surface area contributed by atoms with Crippen LogP contribution in [-0.2, 0) is 10.1 Å². The first-order chi connectivity index (χ1) is 11.3. The Bertz CT molecular complexity index is 430. The fraction of sp³-hybridized carbons (Fsp3) is 1.00. The summed E-state index contributed by atoms with van der Waals surface area (Å²) in [4.78, 5) is 0. The SMILES string of the molecule is CC[N+](CC)(CC)CC.O=S(=O)([O-])CC(F)C(F)C(F)C(F)C(F)F. The molecule has 0 radical (unpaired) electrons. The maximum absolute atomic E-state index is 12.6. The van der Waals surface area contributed by atoms with E-state index >= 15 is 0 Å². The van der Waals surface area contributed by atoms with Crippen molar-refractivity contribution in [1.82, 2.24) is 0 Å². The molecule has 0 rings (SSSR count). The topological polar surface area (TPSA) is 57.2 Å². The molecule has 154 valence electrons. The minimum Gasteiger partial charge on any atom is -0.748 e. The molecular formula is C14H27F6NO3S. The number of hydrogen-bond donors (Lipinski definition) is 0. The van der Waals surface area contributed by atoms with Gasteiger partial charge in [0.2, 0.25) is 0 Å². The first-order valence-electron chi connectivity index (χ1n) is 7.93. The molecule has 0 heterocycles. The van der Waals surface area contributed by atoms with Gasteiger partial charge in [-0.2, -0.15) is 0 Å². The highest BCUT2D eigenvalue weighted by atomic mass is 32.2. The van der Waals surface area contributed by atoms with Gasteiger partial charge in [-0.15, -0.1) is 0 Å². The molecule has 0 aliphatic heterocycles. The summed E-state index contributed by atoms with van der Waals surface area (Å²) in [6.45, 7) is 14.2. The van der Waals surface area contributed by atoms with Gasteiger partial charge < -0.3 is 9.04 Å². The minimum atomic E-state index is -5.19. The van der Waals surface area contributed by atoms with Gasteiger partial charge in [0.1, 0.15) is 6.17 Å². The fourth-order valence-electron chi connectivity index (χ4n) is 2.14. The monoisotopic (exact) mass is 403 g/mol. The van der Waals surface area contributed by atoms with Crippen molar-refractivity contribution >= 4 is 10.1 Å². The highest BCUT2D eigenvalue weighted by molar-refractivity contribution is 7.85. The number of halogens is 6. The molecule has 0 aromatic heterocycles. The Kier molecular flexibility index (Phi) is 12.8. The van der Waals surface area contributed by atoms with E-state index < -0.39 is 47.0 Å². The molecule has 0 bridgehead atoms. The van der Waals surface area contributed by atoms with Crippen molar-refractivity contribution in [2.75, 3.05) is 31.9 Å². The van der Waals surface area contributed by atoms with E-state index in [1.165, 1.54) is 30.7 Å². The average Bonchev–Trinajstić information content (AvgIpc) is 2.54. The van der Waals surface area contributed by atoms with Gasteiger partial charge in [0.25, 0.3) is 6.43 Å². The van der Waals surface area contributed by atoms with Gasteiger partial charge in [-0.25, -0.2) is 34.8 Å². The van der Waals surface area contributed by atoms with E-state index in [1.54, 1.807) is 0 Å². The highest BCUT2D eigenvalue weighted by Gasteiger charge is 2.41. The van der Waals surface area contributed by atoms with Gasteiger partial charge in [0.05, 0.1) is 42.1 Å². The van der Waals surface area contributed by atoms with E-state index in [2.05, 4.69) is 27.7 Å². The largest absolute Gasteiger partial charge is 0.748 e. The van der Waals surface area contributed by atoms with Gasteiger partial charge in [-0.1, -0.05) is 0 Å². The Morgan fingerprint density at radius 2 is 1.12 bits per heavy atom. The molecule has 0 saturated carbocycles. The van der Waals surface area contributed by atoms with Crippen molar-refractivity contribution in [2.24, 2.45) is 0 Å². The van der Waals surface area contributed by atoms with E-state index in [-0.39, 0.29) is 0 Å². The van der Waals surface area contributed by atoms with Crippen LogP contribution in [0.25, 0.3) is 0 Å². The Morgan fingerprint density at radius 1 is 0.760 bits per heavy atom. The van der Waals surface area contributed by atoms with Gasteiger partial charge >= 0.3 is 0 Å². The van der Waals surface area contributed by atoms with Crippen molar-refractivity contribution in [3.63, 3.8) is 0 Å². The van der Waals surface area contributed by atoms with E-state index in [4.69, 9.17) is 0 Å². The Labute approximate surface area is 145 Å². The maximum atomic E-state index is 12.6. The average molecular weight is 403 g/mol.